The molecule has 0 spiro atoms. The number of hydrogen-bond donors (Lipinski definition) is 2. The van der Waals surface area contributed by atoms with Crippen molar-refractivity contribution in [2.75, 3.05) is 13.9 Å². The van der Waals surface area contributed by atoms with Crippen LogP contribution in [0.15, 0.2) is 34.4 Å². The Balaban J connectivity index is 1.99. The number of aromatic nitrogens is 1. The molecule has 0 fully saturated rings. The molecule has 8 nitrogen and oxygen atoms in total. The van der Waals surface area contributed by atoms with Gasteiger partial charge in [0.1, 0.15) is 17.4 Å². The topological polar surface area (TPSA) is 120 Å². The molecule has 1 aromatic heterocycles. The van der Waals surface area contributed by atoms with Crippen LogP contribution in [0, 0.1) is 18.3 Å². The van der Waals surface area contributed by atoms with Crippen LogP contribution in [-0.2, 0) is 0 Å². The van der Waals surface area contributed by atoms with E-state index in [9.17, 15) is 10.1 Å². The van der Waals surface area contributed by atoms with E-state index in [0.29, 0.717) is 39.8 Å². The molecule has 2 aromatic rings. The summed E-state index contributed by atoms with van der Waals surface area (Å²) in [5.74, 6) is 0.985. The van der Waals surface area contributed by atoms with Crippen molar-refractivity contribution in [3.05, 3.63) is 56.8 Å². The van der Waals surface area contributed by atoms with E-state index >= 15 is 0 Å². The minimum Gasteiger partial charge on any atom is -0.493 e. The molecule has 0 aliphatic carbocycles. The minimum atomic E-state index is -0.712. The maximum Gasteiger partial charge on any atom is 0.256 e. The molecule has 1 aromatic carbocycles. The summed E-state index contributed by atoms with van der Waals surface area (Å²) in [4.78, 5) is 15.4. The van der Waals surface area contributed by atoms with Gasteiger partial charge in [0.15, 0.2) is 11.5 Å². The van der Waals surface area contributed by atoms with Crippen molar-refractivity contribution in [1.29, 1.82) is 5.26 Å². The Hall–Kier alpha value is -3.60. The number of aromatic amines is 1. The first-order valence-corrected chi connectivity index (χ1v) is 7.82. The van der Waals surface area contributed by atoms with Crippen LogP contribution in [0.5, 0.6) is 23.0 Å². The van der Waals surface area contributed by atoms with Gasteiger partial charge in [-0.3, -0.25) is 4.79 Å². The number of methoxy groups -OCH3 is 1. The van der Waals surface area contributed by atoms with Gasteiger partial charge in [-0.15, -0.1) is 0 Å². The molecule has 2 aliphatic heterocycles. The van der Waals surface area contributed by atoms with E-state index in [1.54, 1.807) is 25.1 Å². The Bertz CT molecular complexity index is 1050. The predicted octanol–water partition coefficient (Wildman–Crippen LogP) is 1.64. The molecule has 8 heteroatoms. The predicted molar refractivity (Wildman–Crippen MR) is 90.2 cm³/mol. The zero-order valence-corrected chi connectivity index (χ0v) is 14.1. The van der Waals surface area contributed by atoms with Crippen LogP contribution >= 0.6 is 0 Å². The monoisotopic (exact) mass is 353 g/mol. The summed E-state index contributed by atoms with van der Waals surface area (Å²) in [7, 11) is 1.50. The molecule has 0 amide bonds. The lowest BCUT2D eigenvalue weighted by atomic mass is 9.84. The second-order valence-corrected chi connectivity index (χ2v) is 5.94. The van der Waals surface area contributed by atoms with Crippen molar-refractivity contribution in [3.8, 4) is 29.1 Å². The molecule has 2 aliphatic rings. The van der Waals surface area contributed by atoms with Gasteiger partial charge in [0.2, 0.25) is 18.4 Å². The van der Waals surface area contributed by atoms with Gasteiger partial charge in [0, 0.05) is 11.8 Å². The highest BCUT2D eigenvalue weighted by molar-refractivity contribution is 5.61. The van der Waals surface area contributed by atoms with Crippen LogP contribution in [0.2, 0.25) is 0 Å². The Morgan fingerprint density at radius 1 is 1.31 bits per heavy atom. The van der Waals surface area contributed by atoms with Crippen molar-refractivity contribution in [2.45, 2.75) is 12.8 Å². The normalized spacial score (nSPS) is 17.3. The van der Waals surface area contributed by atoms with Gasteiger partial charge in [-0.25, -0.2) is 0 Å². The van der Waals surface area contributed by atoms with Crippen LogP contribution in [-0.4, -0.2) is 18.9 Å². The van der Waals surface area contributed by atoms with E-state index < -0.39 is 5.92 Å². The third-order valence-corrected chi connectivity index (χ3v) is 4.37. The number of nitrogens with two attached hydrogens (primary N) is 1. The molecule has 26 heavy (non-hydrogen) atoms. The number of ether oxygens (including phenoxy) is 4. The van der Waals surface area contributed by atoms with Crippen molar-refractivity contribution >= 4 is 0 Å². The highest BCUT2D eigenvalue weighted by atomic mass is 16.7. The average Bonchev–Trinajstić information content (AvgIpc) is 3.07. The molecule has 1 unspecified atom stereocenters. The minimum absolute atomic E-state index is 0.0355. The number of aryl methyl sites for hydroxylation is 1. The number of H-pyrrole nitrogens is 1. The fraction of sp³-hybridized carbons (Fsp3) is 0.222. The first-order chi connectivity index (χ1) is 12.5. The molecular formula is C18H15N3O5. The molecule has 1 atom stereocenters. The maximum atomic E-state index is 12.6. The number of hydrogen-bond acceptors (Lipinski definition) is 7. The summed E-state index contributed by atoms with van der Waals surface area (Å²) < 4.78 is 21.8. The molecule has 0 saturated carbocycles. The lowest BCUT2D eigenvalue weighted by Gasteiger charge is -2.26. The second-order valence-electron chi connectivity index (χ2n) is 5.94. The van der Waals surface area contributed by atoms with Crippen LogP contribution in [0.1, 0.15) is 22.7 Å². The number of nitrogens with zero attached hydrogens (tertiary/aromatic N) is 1. The molecule has 4 rings (SSSR count). The standard InChI is InChI=1S/C18H15N3O5/c1-8-3-11-15(18(22)21-8)14(10(6-19)17(20)26-11)9-4-12(23-2)16-13(5-9)24-7-25-16/h3-5,14H,7,20H2,1-2H3,(H,21,22). The quantitative estimate of drug-likeness (QED) is 0.842. The molecule has 0 radical (unpaired) electrons. The molecule has 132 valence electrons. The molecule has 0 saturated heterocycles. The highest BCUT2D eigenvalue weighted by Gasteiger charge is 2.35. The van der Waals surface area contributed by atoms with Gasteiger partial charge in [-0.2, -0.15) is 5.26 Å². The first kappa shape index (κ1) is 15.9. The number of nitrogens with one attached hydrogen (secondary N) is 1. The molecule has 3 heterocycles. The van der Waals surface area contributed by atoms with Crippen LogP contribution in [0.25, 0.3) is 0 Å². The zero-order valence-electron chi connectivity index (χ0n) is 14.1. The Morgan fingerprint density at radius 2 is 2.12 bits per heavy atom. The SMILES string of the molecule is COc1cc(C2C(C#N)=C(N)Oc3cc(C)[nH]c(=O)c32)cc2c1OCO2. The van der Waals surface area contributed by atoms with Gasteiger partial charge < -0.3 is 29.7 Å². The van der Waals surface area contributed by atoms with Crippen molar-refractivity contribution in [1.82, 2.24) is 4.98 Å². The number of benzene rings is 1. The van der Waals surface area contributed by atoms with Crippen molar-refractivity contribution in [2.24, 2.45) is 5.73 Å². The van der Waals surface area contributed by atoms with E-state index in [2.05, 4.69) is 11.1 Å². The van der Waals surface area contributed by atoms with E-state index in [-0.39, 0.29) is 23.8 Å². The van der Waals surface area contributed by atoms with Crippen LogP contribution in [0.3, 0.4) is 0 Å². The zero-order chi connectivity index (χ0) is 18.4. The van der Waals surface area contributed by atoms with Gasteiger partial charge in [0.25, 0.3) is 5.56 Å². The number of rotatable bonds is 2. The Morgan fingerprint density at radius 3 is 2.85 bits per heavy atom. The maximum absolute atomic E-state index is 12.6. The summed E-state index contributed by atoms with van der Waals surface area (Å²) in [6, 6.07) is 7.15. The summed E-state index contributed by atoms with van der Waals surface area (Å²) in [6.07, 6.45) is 0. The molecule has 3 N–H and O–H groups in total. The fourth-order valence-electron chi connectivity index (χ4n) is 3.26. The lowest BCUT2D eigenvalue weighted by molar-refractivity contribution is 0.171. The van der Waals surface area contributed by atoms with Crippen molar-refractivity contribution < 1.29 is 18.9 Å². The second kappa shape index (κ2) is 5.74. The lowest BCUT2D eigenvalue weighted by Crippen LogP contribution is -2.28. The van der Waals surface area contributed by atoms with Gasteiger partial charge in [-0.1, -0.05) is 0 Å². The van der Waals surface area contributed by atoms with Crippen molar-refractivity contribution in [3.63, 3.8) is 0 Å². The fourth-order valence-corrected chi connectivity index (χ4v) is 3.26. The number of fused-ring (bicyclic) bond motifs is 2. The van der Waals surface area contributed by atoms with E-state index in [4.69, 9.17) is 24.7 Å². The van der Waals surface area contributed by atoms with E-state index in [0.717, 1.165) is 0 Å². The van der Waals surface area contributed by atoms with Gasteiger partial charge >= 0.3 is 0 Å². The van der Waals surface area contributed by atoms with E-state index in [1.165, 1.54) is 7.11 Å². The highest BCUT2D eigenvalue weighted by Crippen LogP contribution is 2.47. The third kappa shape index (κ3) is 2.25. The van der Waals surface area contributed by atoms with Crippen LogP contribution in [0.4, 0.5) is 0 Å². The largest absolute Gasteiger partial charge is 0.493 e. The van der Waals surface area contributed by atoms with E-state index in [1.807, 2.05) is 0 Å². The Kier molecular flexibility index (Phi) is 3.51. The average molecular weight is 353 g/mol. The summed E-state index contributed by atoms with van der Waals surface area (Å²) in [6.45, 7) is 1.81. The smallest absolute Gasteiger partial charge is 0.256 e. The molecular weight excluding hydrogens is 338 g/mol. The number of allylic oxidation sites excluding steroid dienone is 1. The summed E-state index contributed by atoms with van der Waals surface area (Å²) in [5, 5.41) is 9.62. The summed E-state index contributed by atoms with van der Waals surface area (Å²) >= 11 is 0. The summed E-state index contributed by atoms with van der Waals surface area (Å²) in [5.41, 5.74) is 7.30. The number of pyridine rings is 1. The number of nitriles is 1. The van der Waals surface area contributed by atoms with Gasteiger partial charge in [0.05, 0.1) is 18.6 Å². The Labute approximate surface area is 148 Å². The van der Waals surface area contributed by atoms with Crippen LogP contribution < -0.4 is 30.2 Å². The third-order valence-electron chi connectivity index (χ3n) is 4.37. The van der Waals surface area contributed by atoms with Gasteiger partial charge in [-0.05, 0) is 24.6 Å². The molecule has 0 bridgehead atoms. The first-order valence-electron chi connectivity index (χ1n) is 7.82.